The zero-order chi connectivity index (χ0) is 46.2. The Morgan fingerprint density at radius 1 is 0.721 bits per heavy atom. The first-order chi connectivity index (χ1) is 29.3. The minimum atomic E-state index is 0.178. The number of aliphatic imine (C=N–C) groups is 2. The van der Waals surface area contributed by atoms with Crippen molar-refractivity contribution in [2.24, 2.45) is 27.7 Å². The van der Waals surface area contributed by atoms with Crippen LogP contribution in [0, 0.1) is 17.8 Å². The van der Waals surface area contributed by atoms with Crippen LogP contribution < -0.4 is 0 Å². The number of imidazole rings is 1. The van der Waals surface area contributed by atoms with Crippen LogP contribution in [-0.2, 0) is 13.0 Å². The molecule has 2 aromatic carbocycles. The second-order valence-corrected chi connectivity index (χ2v) is 16.1. The monoisotopic (exact) mass is 837 g/mol. The van der Waals surface area contributed by atoms with Gasteiger partial charge in [-0.05, 0) is 95.1 Å². The van der Waals surface area contributed by atoms with E-state index in [1.807, 2.05) is 90.2 Å². The van der Waals surface area contributed by atoms with Gasteiger partial charge in [-0.25, -0.2) is 15.0 Å². The largest absolute Gasteiger partial charge is 0.507 e. The van der Waals surface area contributed by atoms with Crippen LogP contribution in [0.15, 0.2) is 113 Å². The van der Waals surface area contributed by atoms with Crippen LogP contribution >= 0.6 is 0 Å². The molecular weight excluding hydrogens is 749 g/mol. The van der Waals surface area contributed by atoms with E-state index in [4.69, 9.17) is 15.0 Å². The molecule has 1 aromatic heterocycles. The number of rotatable bonds is 22. The van der Waals surface area contributed by atoms with E-state index in [-0.39, 0.29) is 17.6 Å². The highest BCUT2D eigenvalue weighted by Crippen LogP contribution is 2.31. The van der Waals surface area contributed by atoms with Crippen molar-refractivity contribution in [1.29, 1.82) is 0 Å². The molecule has 6 nitrogen and oxygen atoms in total. The number of aromatic nitrogens is 2. The van der Waals surface area contributed by atoms with Crippen LogP contribution in [0.3, 0.4) is 0 Å². The second-order valence-electron chi connectivity index (χ2n) is 16.1. The fraction of sp³-hybridized carbons (Fsp3) is 0.545. The summed E-state index contributed by atoms with van der Waals surface area (Å²) < 4.78 is 2.32. The highest BCUT2D eigenvalue weighted by atomic mass is 16.3. The summed E-state index contributed by atoms with van der Waals surface area (Å²) in [4.78, 5) is 15.1. The van der Waals surface area contributed by atoms with Crippen molar-refractivity contribution in [3.05, 3.63) is 120 Å². The van der Waals surface area contributed by atoms with E-state index in [0.717, 1.165) is 66.2 Å². The van der Waals surface area contributed by atoms with E-state index in [1.54, 1.807) is 18.2 Å². The van der Waals surface area contributed by atoms with Crippen molar-refractivity contribution >= 4 is 17.1 Å². The molecule has 340 valence electrons. The number of para-hydroxylation sites is 2. The van der Waals surface area contributed by atoms with E-state index in [1.165, 1.54) is 74.8 Å². The van der Waals surface area contributed by atoms with Gasteiger partial charge >= 0.3 is 0 Å². The Morgan fingerprint density at radius 2 is 1.23 bits per heavy atom. The van der Waals surface area contributed by atoms with E-state index in [0.29, 0.717) is 11.7 Å². The highest BCUT2D eigenvalue weighted by Gasteiger charge is 2.19. The average Bonchev–Trinajstić information content (AvgIpc) is 3.73. The minimum absolute atomic E-state index is 0.178. The van der Waals surface area contributed by atoms with Gasteiger partial charge in [0.1, 0.15) is 23.2 Å². The number of benzene rings is 2. The maximum atomic E-state index is 10.5. The van der Waals surface area contributed by atoms with E-state index in [2.05, 4.69) is 72.4 Å². The lowest BCUT2D eigenvalue weighted by Crippen LogP contribution is -2.14. The van der Waals surface area contributed by atoms with Gasteiger partial charge < -0.3 is 14.8 Å². The van der Waals surface area contributed by atoms with Gasteiger partial charge in [0.25, 0.3) is 0 Å². The standard InChI is InChI=1S/C40H64N4O.C9H10O.C4H8.C2H6/c1-10-13-14-15-16-17-18-19-20-25-39-41-27-29-44(39)28-26-37(34(8)33(7)32(6)30(4)11-2)43-40(31(5)12-3)42-35(9)36-23-21-22-24-38(36)45;1-7(2)8-5-3-4-6-9(8)10;1-3-4-2;1-2/h21-24,27,29-31,33,45H,6,10-20,25-26,28H2,1-5,7-9H3;3-6,10H,1H2,2H3;3-4H,1-2H3;1-2H3/b37-34-,42-35?,43-40?;;4-3-;. The molecule has 3 atom stereocenters. The van der Waals surface area contributed by atoms with Gasteiger partial charge in [-0.1, -0.05) is 168 Å². The Morgan fingerprint density at radius 3 is 1.70 bits per heavy atom. The molecule has 3 unspecified atom stereocenters. The molecule has 61 heavy (non-hydrogen) atoms. The lowest BCUT2D eigenvalue weighted by atomic mass is 9.84. The van der Waals surface area contributed by atoms with Crippen LogP contribution in [0.1, 0.15) is 184 Å². The molecule has 0 amide bonds. The predicted octanol–water partition coefficient (Wildman–Crippen LogP) is 16.6. The molecule has 0 saturated carbocycles. The molecule has 0 fully saturated rings. The predicted molar refractivity (Wildman–Crippen MR) is 270 cm³/mol. The first kappa shape index (κ1) is 56.5. The number of allylic oxidation sites excluding steroid dienone is 6. The van der Waals surface area contributed by atoms with Crippen molar-refractivity contribution in [1.82, 2.24) is 9.55 Å². The molecule has 0 radical (unpaired) electrons. The third-order valence-electron chi connectivity index (χ3n) is 11.4. The molecule has 1 heterocycles. The lowest BCUT2D eigenvalue weighted by molar-refractivity contribution is 0.473. The molecule has 0 saturated heterocycles. The van der Waals surface area contributed by atoms with Crippen LogP contribution in [0.25, 0.3) is 5.57 Å². The Labute approximate surface area is 374 Å². The molecule has 0 bridgehead atoms. The van der Waals surface area contributed by atoms with Gasteiger partial charge in [0, 0.05) is 54.5 Å². The first-order valence-corrected chi connectivity index (χ1v) is 23.6. The number of phenols is 2. The number of hydrogen-bond acceptors (Lipinski definition) is 4. The molecule has 0 aliphatic rings. The third kappa shape index (κ3) is 22.3. The molecule has 6 heteroatoms. The minimum Gasteiger partial charge on any atom is -0.507 e. The van der Waals surface area contributed by atoms with Crippen LogP contribution in [0.4, 0.5) is 0 Å². The van der Waals surface area contributed by atoms with Crippen LogP contribution in [-0.4, -0.2) is 31.3 Å². The Kier molecular flexibility index (Phi) is 31.7. The van der Waals surface area contributed by atoms with Gasteiger partial charge in [0.05, 0.1) is 5.71 Å². The van der Waals surface area contributed by atoms with Crippen LogP contribution in [0.5, 0.6) is 11.5 Å². The number of aryl methyl sites for hydroxylation is 2. The number of unbranched alkanes of at least 4 members (excludes halogenated alkanes) is 8. The number of aromatic hydroxyl groups is 2. The fourth-order valence-electron chi connectivity index (χ4n) is 6.56. The average molecular weight is 837 g/mol. The van der Waals surface area contributed by atoms with Gasteiger partial charge in [-0.15, -0.1) is 0 Å². The van der Waals surface area contributed by atoms with E-state index in [9.17, 15) is 10.2 Å². The maximum absolute atomic E-state index is 10.5. The quantitative estimate of drug-likeness (QED) is 0.0458. The van der Waals surface area contributed by atoms with Gasteiger partial charge in [-0.3, -0.25) is 0 Å². The normalized spacial score (nSPS) is 13.4. The van der Waals surface area contributed by atoms with E-state index < -0.39 is 0 Å². The second kappa shape index (κ2) is 34.2. The zero-order valence-corrected chi connectivity index (χ0v) is 41.2. The lowest BCUT2D eigenvalue weighted by Gasteiger charge is -2.23. The summed E-state index contributed by atoms with van der Waals surface area (Å²) in [5, 5.41) is 19.7. The van der Waals surface area contributed by atoms with Crippen LogP contribution in [0.2, 0.25) is 0 Å². The van der Waals surface area contributed by atoms with Gasteiger partial charge in [0.2, 0.25) is 0 Å². The SMILES string of the molecule is C/C=C\C.C=C(C(C)CC)C(C)/C(C)=C(/CCn1ccnc1CCCCCCCCCCC)N=C(N=C(C)c1ccccc1O)C(C)CC.C=C(C)c1ccccc1O.CC. The zero-order valence-electron chi connectivity index (χ0n) is 41.2. The molecule has 0 spiro atoms. The van der Waals surface area contributed by atoms with Crippen molar-refractivity contribution in [2.75, 3.05) is 0 Å². The number of amidine groups is 1. The molecule has 3 aromatic rings. The van der Waals surface area contributed by atoms with Crippen molar-refractivity contribution in [3.8, 4) is 11.5 Å². The molecule has 0 aliphatic carbocycles. The summed E-state index contributed by atoms with van der Waals surface area (Å²) in [7, 11) is 0. The summed E-state index contributed by atoms with van der Waals surface area (Å²) in [6.07, 6.45) is 23.9. The summed E-state index contributed by atoms with van der Waals surface area (Å²) in [6.45, 7) is 36.5. The Bertz CT molecular complexity index is 1770. The maximum Gasteiger partial charge on any atom is 0.131 e. The summed E-state index contributed by atoms with van der Waals surface area (Å²) >= 11 is 0. The van der Waals surface area contributed by atoms with Crippen molar-refractivity contribution < 1.29 is 10.2 Å². The highest BCUT2D eigenvalue weighted by molar-refractivity contribution is 6.08. The molecule has 0 aliphatic heterocycles. The van der Waals surface area contributed by atoms with Gasteiger partial charge in [0.15, 0.2) is 0 Å². The molecule has 3 rings (SSSR count). The summed E-state index contributed by atoms with van der Waals surface area (Å²) in [5.74, 6) is 3.39. The Balaban J connectivity index is 0.00000188. The van der Waals surface area contributed by atoms with Gasteiger partial charge in [-0.2, -0.15) is 0 Å². The van der Waals surface area contributed by atoms with Crippen molar-refractivity contribution in [2.45, 2.75) is 180 Å². The number of nitrogens with zero attached hydrogens (tertiary/aromatic N) is 4. The topological polar surface area (TPSA) is 83.0 Å². The molecular formula is C55H88N4O2. The smallest absolute Gasteiger partial charge is 0.131 e. The fourth-order valence-corrected chi connectivity index (χ4v) is 6.56. The first-order valence-electron chi connectivity index (χ1n) is 23.6. The summed E-state index contributed by atoms with van der Waals surface area (Å²) in [6, 6.07) is 14.6. The van der Waals surface area contributed by atoms with Crippen molar-refractivity contribution in [3.63, 3.8) is 0 Å². The third-order valence-corrected chi connectivity index (χ3v) is 11.4. The summed E-state index contributed by atoms with van der Waals surface area (Å²) in [5.41, 5.74) is 6.83. The number of hydrogen-bond donors (Lipinski definition) is 2. The molecule has 2 N–H and O–H groups in total. The number of phenolic OH excluding ortho intramolecular Hbond substituents is 2. The van der Waals surface area contributed by atoms with E-state index >= 15 is 0 Å². The Hall–Kier alpha value is -4.45.